The summed E-state index contributed by atoms with van der Waals surface area (Å²) in [5.74, 6) is 0.223. The number of rotatable bonds is 7. The molecule has 0 aliphatic rings. The van der Waals surface area contributed by atoms with E-state index in [1.54, 1.807) is 48.3 Å². The molecule has 0 spiro atoms. The Balaban J connectivity index is 1.48. The van der Waals surface area contributed by atoms with E-state index in [0.29, 0.717) is 33.1 Å². The number of ether oxygens (including phenoxy) is 1. The van der Waals surface area contributed by atoms with Crippen LogP contribution in [0.5, 0.6) is 5.75 Å². The average molecular weight is 494 g/mol. The lowest BCUT2D eigenvalue weighted by molar-refractivity contribution is 0.0977. The second-order valence-electron chi connectivity index (χ2n) is 7.72. The van der Waals surface area contributed by atoms with Gasteiger partial charge in [-0.05, 0) is 73.1 Å². The van der Waals surface area contributed by atoms with E-state index in [-0.39, 0.29) is 11.0 Å². The predicted molar refractivity (Wildman–Crippen MR) is 139 cm³/mol. The van der Waals surface area contributed by atoms with Crippen LogP contribution in [-0.4, -0.2) is 33.1 Å². The van der Waals surface area contributed by atoms with E-state index < -0.39 is 0 Å². The number of halogens is 1. The third-order valence-electron chi connectivity index (χ3n) is 5.26. The molecule has 34 heavy (non-hydrogen) atoms. The van der Waals surface area contributed by atoms with Gasteiger partial charge in [-0.2, -0.15) is 4.80 Å². The Kier molecular flexibility index (Phi) is 7.40. The number of nitrogens with one attached hydrogen (secondary N) is 2. The maximum Gasteiger partial charge on any atom is 0.257 e. The van der Waals surface area contributed by atoms with Gasteiger partial charge in [-0.3, -0.25) is 10.1 Å². The summed E-state index contributed by atoms with van der Waals surface area (Å²) in [7, 11) is 1.54. The van der Waals surface area contributed by atoms with Crippen molar-refractivity contribution in [1.82, 2.24) is 20.3 Å². The van der Waals surface area contributed by atoms with Crippen molar-refractivity contribution in [2.45, 2.75) is 26.2 Å². The van der Waals surface area contributed by atoms with Gasteiger partial charge in [-0.25, -0.2) is 0 Å². The zero-order valence-corrected chi connectivity index (χ0v) is 20.4. The van der Waals surface area contributed by atoms with Crippen LogP contribution < -0.4 is 15.4 Å². The zero-order valence-electron chi connectivity index (χ0n) is 18.8. The Morgan fingerprint density at radius 3 is 2.53 bits per heavy atom. The zero-order chi connectivity index (χ0) is 24.1. The van der Waals surface area contributed by atoms with E-state index in [0.717, 1.165) is 12.1 Å². The van der Waals surface area contributed by atoms with Gasteiger partial charge in [0.25, 0.3) is 5.91 Å². The van der Waals surface area contributed by atoms with E-state index >= 15 is 0 Å². The number of fused-ring (bicyclic) bond motifs is 1. The predicted octanol–water partition coefficient (Wildman–Crippen LogP) is 5.55. The highest BCUT2D eigenvalue weighted by molar-refractivity contribution is 7.80. The van der Waals surface area contributed by atoms with E-state index in [9.17, 15) is 4.79 Å². The van der Waals surface area contributed by atoms with Crippen molar-refractivity contribution < 1.29 is 9.53 Å². The van der Waals surface area contributed by atoms with E-state index in [2.05, 4.69) is 39.9 Å². The van der Waals surface area contributed by atoms with Gasteiger partial charge in [0.2, 0.25) is 0 Å². The minimum atomic E-state index is -0.359. The van der Waals surface area contributed by atoms with E-state index in [1.165, 1.54) is 18.4 Å². The molecule has 0 saturated carbocycles. The minimum Gasteiger partial charge on any atom is -0.497 e. The number of aromatic nitrogens is 3. The Bertz CT molecular complexity index is 1340. The smallest absolute Gasteiger partial charge is 0.257 e. The number of thiocarbonyl (C=S) groups is 1. The Morgan fingerprint density at radius 2 is 1.82 bits per heavy atom. The number of anilines is 1. The fraction of sp³-hybridized carbons (Fsp3) is 0.200. The van der Waals surface area contributed by atoms with Crippen molar-refractivity contribution in [3.8, 4) is 11.4 Å². The molecule has 174 valence electrons. The van der Waals surface area contributed by atoms with Crippen molar-refractivity contribution in [3.05, 3.63) is 76.8 Å². The van der Waals surface area contributed by atoms with Crippen LogP contribution in [0.4, 0.5) is 5.69 Å². The maximum absolute atomic E-state index is 12.5. The molecule has 4 rings (SSSR count). The van der Waals surface area contributed by atoms with Crippen LogP contribution in [0.2, 0.25) is 5.02 Å². The van der Waals surface area contributed by atoms with Gasteiger partial charge in [0, 0.05) is 5.56 Å². The number of hydrogen-bond acceptors (Lipinski definition) is 5. The van der Waals surface area contributed by atoms with Gasteiger partial charge in [-0.1, -0.05) is 43.1 Å². The Hall–Kier alpha value is -3.49. The third kappa shape index (κ3) is 5.52. The quantitative estimate of drug-likeness (QED) is 0.328. The lowest BCUT2D eigenvalue weighted by Gasteiger charge is -2.11. The summed E-state index contributed by atoms with van der Waals surface area (Å²) in [5, 5.41) is 15.3. The van der Waals surface area contributed by atoms with Gasteiger partial charge >= 0.3 is 0 Å². The summed E-state index contributed by atoms with van der Waals surface area (Å²) in [5.41, 5.74) is 4.39. The first-order valence-electron chi connectivity index (χ1n) is 10.9. The number of unbranched alkanes of at least 4 members (excludes halogenated alkanes) is 1. The molecule has 0 unspecified atom stereocenters. The largest absolute Gasteiger partial charge is 0.497 e. The number of methoxy groups -OCH3 is 1. The van der Waals surface area contributed by atoms with Crippen LogP contribution in [0, 0.1) is 0 Å². The molecule has 1 heterocycles. The van der Waals surface area contributed by atoms with Gasteiger partial charge in [0.1, 0.15) is 16.8 Å². The van der Waals surface area contributed by atoms with Crippen molar-refractivity contribution >= 4 is 51.6 Å². The van der Waals surface area contributed by atoms with Crippen LogP contribution in [0.25, 0.3) is 16.7 Å². The first kappa shape index (κ1) is 23.7. The molecule has 0 radical (unpaired) electrons. The molecule has 0 aliphatic carbocycles. The molecular formula is C25H24ClN5O2S. The number of hydrogen-bond donors (Lipinski definition) is 2. The second-order valence-corrected chi connectivity index (χ2v) is 8.54. The van der Waals surface area contributed by atoms with Gasteiger partial charge < -0.3 is 10.1 Å². The van der Waals surface area contributed by atoms with E-state index in [4.69, 9.17) is 28.6 Å². The summed E-state index contributed by atoms with van der Waals surface area (Å²) in [6, 6.07) is 18.5. The number of carbonyl (C=O) groups is 1. The molecular weight excluding hydrogens is 470 g/mol. The van der Waals surface area contributed by atoms with Crippen LogP contribution in [0.3, 0.4) is 0 Å². The number of amides is 1. The molecule has 1 aromatic heterocycles. The summed E-state index contributed by atoms with van der Waals surface area (Å²) < 4.78 is 5.16. The molecule has 7 nitrogen and oxygen atoms in total. The lowest BCUT2D eigenvalue weighted by Crippen LogP contribution is -2.34. The number of nitrogens with zero attached hydrogens (tertiary/aromatic N) is 3. The summed E-state index contributed by atoms with van der Waals surface area (Å²) >= 11 is 11.7. The molecule has 0 fully saturated rings. The fourth-order valence-electron chi connectivity index (χ4n) is 3.42. The van der Waals surface area contributed by atoms with Gasteiger partial charge in [-0.15, -0.1) is 10.2 Å². The second kappa shape index (κ2) is 10.6. The maximum atomic E-state index is 12.5. The molecule has 1 amide bonds. The molecule has 2 N–H and O–H groups in total. The number of benzene rings is 3. The Labute approximate surface area is 208 Å². The molecule has 0 atom stereocenters. The van der Waals surface area contributed by atoms with Crippen molar-refractivity contribution in [2.24, 2.45) is 0 Å². The highest BCUT2D eigenvalue weighted by Crippen LogP contribution is 2.27. The van der Waals surface area contributed by atoms with Crippen LogP contribution in [0.1, 0.15) is 35.7 Å². The molecule has 4 aromatic rings. The molecule has 0 saturated heterocycles. The number of carbonyl (C=O) groups excluding carboxylic acids is 1. The highest BCUT2D eigenvalue weighted by Gasteiger charge is 2.13. The third-order valence-corrected chi connectivity index (χ3v) is 5.78. The highest BCUT2D eigenvalue weighted by atomic mass is 35.5. The number of aryl methyl sites for hydroxylation is 1. The van der Waals surface area contributed by atoms with Gasteiger partial charge in [0.05, 0.1) is 23.5 Å². The van der Waals surface area contributed by atoms with Gasteiger partial charge in [0.15, 0.2) is 5.11 Å². The van der Waals surface area contributed by atoms with Crippen molar-refractivity contribution in [1.29, 1.82) is 0 Å². The van der Waals surface area contributed by atoms with Crippen molar-refractivity contribution in [2.75, 3.05) is 12.4 Å². The summed E-state index contributed by atoms with van der Waals surface area (Å²) in [6.07, 6.45) is 3.39. The van der Waals surface area contributed by atoms with Crippen LogP contribution in [0.15, 0.2) is 60.7 Å². The molecule has 3 aromatic carbocycles. The fourth-order valence-corrected chi connectivity index (χ4v) is 3.83. The standard InChI is InChI=1S/C25H24ClN5O2S/c1-3-4-6-16-9-11-18(12-10-16)31-29-22-14-20(26)21(15-23(22)30-31)27-25(34)28-24(32)17-7-5-8-19(13-17)33-2/h5,7-15H,3-4,6H2,1-2H3,(H2,27,28,32,34). The van der Waals surface area contributed by atoms with Crippen LogP contribution >= 0.6 is 23.8 Å². The SMILES string of the molecule is CCCCc1ccc(-n2nc3cc(Cl)c(NC(=S)NC(=O)c4cccc(OC)c4)cc3n2)cc1. The molecule has 9 heteroatoms. The first-order chi connectivity index (χ1) is 16.5. The molecule has 0 bridgehead atoms. The summed E-state index contributed by atoms with van der Waals surface area (Å²) in [6.45, 7) is 2.18. The minimum absolute atomic E-state index is 0.115. The van der Waals surface area contributed by atoms with Crippen molar-refractivity contribution in [3.63, 3.8) is 0 Å². The summed E-state index contributed by atoms with van der Waals surface area (Å²) in [4.78, 5) is 14.1. The first-order valence-corrected chi connectivity index (χ1v) is 11.7. The van der Waals surface area contributed by atoms with Crippen LogP contribution in [-0.2, 0) is 6.42 Å². The molecule has 0 aliphatic heterocycles. The Morgan fingerprint density at radius 1 is 1.09 bits per heavy atom. The van der Waals surface area contributed by atoms with E-state index in [1.807, 2.05) is 12.1 Å². The normalized spacial score (nSPS) is 10.8. The monoisotopic (exact) mass is 493 g/mol. The average Bonchev–Trinajstić information content (AvgIpc) is 3.25. The topological polar surface area (TPSA) is 81.1 Å². The lowest BCUT2D eigenvalue weighted by atomic mass is 10.1.